The molecular weight excluding hydrogens is 462 g/mol. The van der Waals surface area contributed by atoms with Gasteiger partial charge in [0.1, 0.15) is 0 Å². The summed E-state index contributed by atoms with van der Waals surface area (Å²) in [5, 5.41) is 3.46. The van der Waals surface area contributed by atoms with Crippen LogP contribution in [-0.2, 0) is 30.5 Å². The van der Waals surface area contributed by atoms with E-state index in [0.717, 1.165) is 24.2 Å². The lowest BCUT2D eigenvalue weighted by molar-refractivity contribution is -0.145. The van der Waals surface area contributed by atoms with Crippen molar-refractivity contribution in [2.75, 3.05) is 13.7 Å². The Hall–Kier alpha value is -2.68. The number of halogens is 4. The molecule has 1 aromatic carbocycles. The minimum absolute atomic E-state index is 0.00430. The first kappa shape index (κ1) is 25.4. The molecule has 0 radical (unpaired) electrons. The zero-order valence-electron chi connectivity index (χ0n) is 20.2. The molecule has 190 valence electrons. The molecule has 1 N–H and O–H groups in total. The van der Waals surface area contributed by atoms with E-state index in [-0.39, 0.29) is 30.2 Å². The Kier molecular flexibility index (Phi) is 7.09. The smallest absolute Gasteiger partial charge is 0.417 e. The normalized spacial score (nSPS) is 22.4. The van der Waals surface area contributed by atoms with E-state index >= 15 is 0 Å². The van der Waals surface area contributed by atoms with Crippen molar-refractivity contribution in [2.45, 2.75) is 64.8 Å². The summed E-state index contributed by atoms with van der Waals surface area (Å²) in [6.07, 6.45) is -1.03. The fourth-order valence-corrected chi connectivity index (χ4v) is 5.37. The number of ether oxygens (including phenoxy) is 1. The number of hydrogen-bond acceptors (Lipinski definition) is 4. The summed E-state index contributed by atoms with van der Waals surface area (Å²) >= 11 is 0. The number of aromatic nitrogens is 1. The highest BCUT2D eigenvalue weighted by Gasteiger charge is 2.49. The highest BCUT2D eigenvalue weighted by Crippen LogP contribution is 2.46. The molecule has 1 fully saturated rings. The molecule has 9 heteroatoms. The van der Waals surface area contributed by atoms with Gasteiger partial charge in [0.25, 0.3) is 0 Å². The summed E-state index contributed by atoms with van der Waals surface area (Å²) in [5.74, 6) is -0.158. The first-order valence-electron chi connectivity index (χ1n) is 11.9. The molecule has 0 unspecified atom stereocenters. The number of methoxy groups -OCH3 is 1. The third-order valence-electron chi connectivity index (χ3n) is 7.55. The lowest BCUT2D eigenvalue weighted by Crippen LogP contribution is -2.48. The number of nitrogens with one attached hydrogen (secondary N) is 1. The molecule has 5 nitrogen and oxygen atoms in total. The zero-order chi connectivity index (χ0) is 25.4. The van der Waals surface area contributed by atoms with Crippen LogP contribution in [-0.4, -0.2) is 35.5 Å². The first-order valence-corrected chi connectivity index (χ1v) is 11.9. The highest BCUT2D eigenvalue weighted by atomic mass is 19.4. The lowest BCUT2D eigenvalue weighted by Gasteiger charge is -2.39. The average molecular weight is 494 g/mol. The molecule has 1 aliphatic heterocycles. The molecule has 2 atom stereocenters. The van der Waals surface area contributed by atoms with Crippen molar-refractivity contribution in [1.29, 1.82) is 0 Å². The quantitative estimate of drug-likeness (QED) is 0.568. The van der Waals surface area contributed by atoms with E-state index in [1.807, 2.05) is 13.8 Å². The number of nitrogens with zero attached hydrogens (tertiary/aromatic N) is 2. The maximum absolute atomic E-state index is 14.0. The van der Waals surface area contributed by atoms with E-state index in [1.165, 1.54) is 13.2 Å². The lowest BCUT2D eigenvalue weighted by atomic mass is 9.74. The molecular formula is C26H31F4N3O2. The molecule has 2 aliphatic rings. The van der Waals surface area contributed by atoms with Gasteiger partial charge in [-0.15, -0.1) is 0 Å². The fourth-order valence-electron chi connectivity index (χ4n) is 5.37. The Labute approximate surface area is 202 Å². The van der Waals surface area contributed by atoms with Crippen LogP contribution in [0.3, 0.4) is 0 Å². The van der Waals surface area contributed by atoms with E-state index in [4.69, 9.17) is 4.74 Å². The monoisotopic (exact) mass is 493 g/mol. The topological polar surface area (TPSA) is 54.5 Å². The molecule has 1 aromatic heterocycles. The van der Waals surface area contributed by atoms with E-state index in [9.17, 15) is 22.4 Å². The van der Waals surface area contributed by atoms with Crippen molar-refractivity contribution in [3.63, 3.8) is 0 Å². The zero-order valence-corrected chi connectivity index (χ0v) is 20.2. The molecule has 1 saturated carbocycles. The molecule has 1 aliphatic carbocycles. The minimum atomic E-state index is -4.47. The summed E-state index contributed by atoms with van der Waals surface area (Å²) in [4.78, 5) is 19.5. The van der Waals surface area contributed by atoms with Gasteiger partial charge in [-0.05, 0) is 54.5 Å². The minimum Gasteiger partial charge on any atom is -0.494 e. The van der Waals surface area contributed by atoms with Crippen LogP contribution in [0.15, 0.2) is 30.5 Å². The van der Waals surface area contributed by atoms with Crippen molar-refractivity contribution in [3.05, 3.63) is 58.7 Å². The van der Waals surface area contributed by atoms with Gasteiger partial charge in [0, 0.05) is 44.0 Å². The van der Waals surface area contributed by atoms with Gasteiger partial charge in [0.15, 0.2) is 11.6 Å². The van der Waals surface area contributed by atoms with Gasteiger partial charge in [0.05, 0.1) is 18.1 Å². The number of fused-ring (bicyclic) bond motifs is 1. The summed E-state index contributed by atoms with van der Waals surface area (Å²) < 4.78 is 58.5. The van der Waals surface area contributed by atoms with Crippen LogP contribution >= 0.6 is 0 Å². The Balaban J connectivity index is 1.45. The number of alkyl halides is 3. The van der Waals surface area contributed by atoms with Gasteiger partial charge >= 0.3 is 6.18 Å². The predicted molar refractivity (Wildman–Crippen MR) is 123 cm³/mol. The largest absolute Gasteiger partial charge is 0.494 e. The molecule has 0 spiro atoms. The standard InChI is InChI=1S/C26H31F4N3O2/c1-16(2)25(8-6-20(12-25)31-13-17-4-5-23(35-3)21(27)10-17)24(34)33-9-7-22-18(15-33)11-19(14-32-22)26(28,29)30/h4-5,10-11,14,16,20,31H,6-9,12-13,15H2,1-3H3/t20-,25+/m1/s1. The Morgan fingerprint density at radius 1 is 1.31 bits per heavy atom. The maximum atomic E-state index is 14.0. The van der Waals surface area contributed by atoms with E-state index in [0.29, 0.717) is 43.6 Å². The van der Waals surface area contributed by atoms with Crippen LogP contribution in [0, 0.1) is 17.2 Å². The number of hydrogen-bond donors (Lipinski definition) is 1. The van der Waals surface area contributed by atoms with Crippen LogP contribution in [0.1, 0.15) is 55.5 Å². The second kappa shape index (κ2) is 9.76. The Morgan fingerprint density at radius 2 is 2.09 bits per heavy atom. The third kappa shape index (κ3) is 5.15. The summed E-state index contributed by atoms with van der Waals surface area (Å²) in [5.41, 5.74) is 0.502. The number of benzene rings is 1. The number of rotatable bonds is 6. The van der Waals surface area contributed by atoms with Crippen molar-refractivity contribution >= 4 is 5.91 Å². The first-order chi connectivity index (χ1) is 16.5. The fraction of sp³-hybridized carbons (Fsp3) is 0.538. The number of carbonyl (C=O) groups excluding carboxylic acids is 1. The SMILES string of the molecule is COc1ccc(CN[C@@H]2CC[C@@](C(=O)N3CCc4ncc(C(F)(F)F)cc4C3)(C(C)C)C2)cc1F. The van der Waals surface area contributed by atoms with Crippen molar-refractivity contribution in [3.8, 4) is 5.75 Å². The van der Waals surface area contributed by atoms with Crippen molar-refractivity contribution in [2.24, 2.45) is 11.3 Å². The summed E-state index contributed by atoms with van der Waals surface area (Å²) in [6.45, 7) is 5.11. The third-order valence-corrected chi connectivity index (χ3v) is 7.55. The molecule has 35 heavy (non-hydrogen) atoms. The van der Waals surface area contributed by atoms with Crippen LogP contribution < -0.4 is 10.1 Å². The van der Waals surface area contributed by atoms with Gasteiger partial charge in [0.2, 0.25) is 5.91 Å². The van der Waals surface area contributed by atoms with E-state index < -0.39 is 23.0 Å². The second-order valence-corrected chi connectivity index (χ2v) is 9.90. The van der Waals surface area contributed by atoms with E-state index in [2.05, 4.69) is 10.3 Å². The van der Waals surface area contributed by atoms with Crippen LogP contribution in [0.2, 0.25) is 0 Å². The number of pyridine rings is 1. The van der Waals surface area contributed by atoms with E-state index in [1.54, 1.807) is 17.0 Å². The average Bonchev–Trinajstić information content (AvgIpc) is 3.27. The van der Waals surface area contributed by atoms with Gasteiger partial charge in [-0.2, -0.15) is 13.2 Å². The second-order valence-electron chi connectivity index (χ2n) is 9.90. The highest BCUT2D eigenvalue weighted by molar-refractivity contribution is 5.83. The van der Waals surface area contributed by atoms with Gasteiger partial charge < -0.3 is 15.0 Å². The van der Waals surface area contributed by atoms with Crippen molar-refractivity contribution in [1.82, 2.24) is 15.2 Å². The molecule has 2 aromatic rings. The van der Waals surface area contributed by atoms with Gasteiger partial charge in [-0.3, -0.25) is 9.78 Å². The maximum Gasteiger partial charge on any atom is 0.417 e. The van der Waals surface area contributed by atoms with Crippen LogP contribution in [0.5, 0.6) is 5.75 Å². The molecule has 0 saturated heterocycles. The number of carbonyl (C=O) groups is 1. The molecule has 4 rings (SSSR count). The predicted octanol–water partition coefficient (Wildman–Crippen LogP) is 5.12. The van der Waals surface area contributed by atoms with Gasteiger partial charge in [-0.25, -0.2) is 4.39 Å². The van der Waals surface area contributed by atoms with Gasteiger partial charge in [-0.1, -0.05) is 19.9 Å². The summed E-state index contributed by atoms with van der Waals surface area (Å²) in [6, 6.07) is 6.05. The summed E-state index contributed by atoms with van der Waals surface area (Å²) in [7, 11) is 1.42. The van der Waals surface area contributed by atoms with Crippen LogP contribution in [0.4, 0.5) is 17.6 Å². The molecule has 0 bridgehead atoms. The van der Waals surface area contributed by atoms with Crippen LogP contribution in [0.25, 0.3) is 0 Å². The number of amides is 1. The van der Waals surface area contributed by atoms with Crippen molar-refractivity contribution < 1.29 is 27.1 Å². The molecule has 2 heterocycles. The molecule has 1 amide bonds. The Morgan fingerprint density at radius 3 is 2.74 bits per heavy atom. The Bertz CT molecular complexity index is 1090.